The van der Waals surface area contributed by atoms with Gasteiger partial charge in [-0.15, -0.1) is 0 Å². The molecule has 2 aromatic rings. The van der Waals surface area contributed by atoms with E-state index in [1.165, 1.54) is 6.26 Å². The number of benzene rings is 1. The molecule has 2 saturated heterocycles. The van der Waals surface area contributed by atoms with E-state index in [0.717, 1.165) is 12.0 Å². The fourth-order valence-electron chi connectivity index (χ4n) is 3.78. The van der Waals surface area contributed by atoms with Crippen LogP contribution in [-0.2, 0) is 25.9 Å². The number of carbonyl (C=O) groups excluding carboxylic acids is 1. The average Bonchev–Trinajstić information content (AvgIpc) is 3.31. The summed E-state index contributed by atoms with van der Waals surface area (Å²) < 4.78 is 39.6. The average molecular weight is 477 g/mol. The molecule has 0 spiro atoms. The molecule has 11 heteroatoms. The molecular formula is C22H28N4O6S. The Hall–Kier alpha value is -2.92. The summed E-state index contributed by atoms with van der Waals surface area (Å²) in [4.78, 5) is 25.3. The molecule has 0 radical (unpaired) electrons. The van der Waals surface area contributed by atoms with Crippen molar-refractivity contribution in [3.8, 4) is 5.75 Å². The van der Waals surface area contributed by atoms with Crippen molar-refractivity contribution in [1.29, 1.82) is 0 Å². The maximum absolute atomic E-state index is 12.4. The normalized spacial score (nSPS) is 21.2. The van der Waals surface area contributed by atoms with Gasteiger partial charge in [-0.05, 0) is 24.6 Å². The Balaban J connectivity index is 1.28. The van der Waals surface area contributed by atoms with E-state index in [4.69, 9.17) is 14.2 Å². The second-order valence-corrected chi connectivity index (χ2v) is 10.3. The predicted molar refractivity (Wildman–Crippen MR) is 120 cm³/mol. The second kappa shape index (κ2) is 9.92. The SMILES string of the molecule is C[C@@H]1CN(C(=O)OC2CCOC2)CCN1c1ncc(OCc2ccc(S(C)(=O)=O)cc2)cn1. The molecule has 1 unspecified atom stereocenters. The van der Waals surface area contributed by atoms with Gasteiger partial charge in [0.2, 0.25) is 5.95 Å². The molecule has 0 aliphatic carbocycles. The maximum atomic E-state index is 12.4. The first-order valence-electron chi connectivity index (χ1n) is 10.8. The Bertz CT molecular complexity index is 1060. The van der Waals surface area contributed by atoms with Crippen LogP contribution in [0.2, 0.25) is 0 Å². The van der Waals surface area contributed by atoms with E-state index in [0.29, 0.717) is 44.5 Å². The van der Waals surface area contributed by atoms with Crippen LogP contribution < -0.4 is 9.64 Å². The van der Waals surface area contributed by atoms with Crippen molar-refractivity contribution < 1.29 is 27.4 Å². The molecule has 0 N–H and O–H groups in total. The second-order valence-electron chi connectivity index (χ2n) is 8.28. The lowest BCUT2D eigenvalue weighted by atomic mass is 10.2. The molecule has 1 aromatic carbocycles. The number of piperazine rings is 1. The number of carbonyl (C=O) groups is 1. The highest BCUT2D eigenvalue weighted by Crippen LogP contribution is 2.20. The lowest BCUT2D eigenvalue weighted by molar-refractivity contribution is 0.0507. The Morgan fingerprint density at radius 1 is 1.18 bits per heavy atom. The van der Waals surface area contributed by atoms with Crippen molar-refractivity contribution >= 4 is 21.9 Å². The minimum Gasteiger partial charge on any atom is -0.486 e. The van der Waals surface area contributed by atoms with Crippen molar-refractivity contribution in [1.82, 2.24) is 14.9 Å². The highest BCUT2D eigenvalue weighted by atomic mass is 32.2. The summed E-state index contributed by atoms with van der Waals surface area (Å²) in [5.41, 5.74) is 0.840. The smallest absolute Gasteiger partial charge is 0.410 e. The van der Waals surface area contributed by atoms with Gasteiger partial charge in [0.15, 0.2) is 15.6 Å². The highest BCUT2D eigenvalue weighted by Gasteiger charge is 2.31. The molecule has 0 bridgehead atoms. The van der Waals surface area contributed by atoms with Crippen molar-refractivity contribution in [2.45, 2.75) is 37.0 Å². The molecule has 1 amide bonds. The molecule has 10 nitrogen and oxygen atoms in total. The third-order valence-electron chi connectivity index (χ3n) is 5.67. The number of amides is 1. The van der Waals surface area contributed by atoms with Crippen LogP contribution in [0.5, 0.6) is 5.75 Å². The number of aromatic nitrogens is 2. The third-order valence-corrected chi connectivity index (χ3v) is 6.80. The summed E-state index contributed by atoms with van der Waals surface area (Å²) in [7, 11) is -3.22. The van der Waals surface area contributed by atoms with Gasteiger partial charge in [0.1, 0.15) is 12.7 Å². The number of hydrogen-bond donors (Lipinski definition) is 0. The number of hydrogen-bond acceptors (Lipinski definition) is 9. The van der Waals surface area contributed by atoms with Crippen LogP contribution in [0.15, 0.2) is 41.6 Å². The number of anilines is 1. The van der Waals surface area contributed by atoms with Gasteiger partial charge < -0.3 is 24.0 Å². The Morgan fingerprint density at radius 2 is 1.91 bits per heavy atom. The first-order valence-corrected chi connectivity index (χ1v) is 12.7. The first-order chi connectivity index (χ1) is 15.8. The van der Waals surface area contributed by atoms with Crippen molar-refractivity contribution in [2.75, 3.05) is 44.0 Å². The summed E-state index contributed by atoms with van der Waals surface area (Å²) in [6.07, 6.45) is 4.69. The lowest BCUT2D eigenvalue weighted by Crippen LogP contribution is -2.54. The molecule has 2 aliphatic rings. The van der Waals surface area contributed by atoms with Gasteiger partial charge in [0.25, 0.3) is 0 Å². The summed E-state index contributed by atoms with van der Waals surface area (Å²) in [5.74, 6) is 1.09. The summed E-state index contributed by atoms with van der Waals surface area (Å²) in [6, 6.07) is 6.60. The highest BCUT2D eigenvalue weighted by molar-refractivity contribution is 7.90. The number of rotatable bonds is 6. The molecular weight excluding hydrogens is 448 g/mol. The fraction of sp³-hybridized carbons (Fsp3) is 0.500. The molecule has 2 fully saturated rings. The van der Waals surface area contributed by atoms with Crippen LogP contribution in [0, 0.1) is 0 Å². The topological polar surface area (TPSA) is 111 Å². The van der Waals surface area contributed by atoms with Gasteiger partial charge in [0.05, 0.1) is 30.5 Å². The van der Waals surface area contributed by atoms with Crippen molar-refractivity contribution in [3.63, 3.8) is 0 Å². The van der Waals surface area contributed by atoms with Gasteiger partial charge in [-0.3, -0.25) is 0 Å². The zero-order chi connectivity index (χ0) is 23.4. The number of sulfone groups is 1. The predicted octanol–water partition coefficient (Wildman–Crippen LogP) is 1.90. The summed E-state index contributed by atoms with van der Waals surface area (Å²) in [6.45, 7) is 5.05. The van der Waals surface area contributed by atoms with Crippen LogP contribution in [0.3, 0.4) is 0 Å². The monoisotopic (exact) mass is 476 g/mol. The molecule has 3 heterocycles. The Kier molecular flexibility index (Phi) is 6.99. The molecule has 178 valence electrons. The first kappa shape index (κ1) is 23.2. The van der Waals surface area contributed by atoms with Crippen LogP contribution in [0.4, 0.5) is 10.7 Å². The maximum Gasteiger partial charge on any atom is 0.410 e. The van der Waals surface area contributed by atoms with E-state index in [1.807, 2.05) is 6.92 Å². The van der Waals surface area contributed by atoms with Crippen molar-refractivity contribution in [2.24, 2.45) is 0 Å². The molecule has 2 aliphatic heterocycles. The van der Waals surface area contributed by atoms with E-state index in [9.17, 15) is 13.2 Å². The van der Waals surface area contributed by atoms with E-state index in [-0.39, 0.29) is 29.7 Å². The molecule has 1 aromatic heterocycles. The Labute approximate surface area is 193 Å². The van der Waals surface area contributed by atoms with Crippen LogP contribution >= 0.6 is 0 Å². The fourth-order valence-corrected chi connectivity index (χ4v) is 4.41. The summed E-state index contributed by atoms with van der Waals surface area (Å²) in [5, 5.41) is 0. The van der Waals surface area contributed by atoms with Crippen LogP contribution in [0.25, 0.3) is 0 Å². The number of nitrogens with zero attached hydrogens (tertiary/aromatic N) is 4. The van der Waals surface area contributed by atoms with Crippen LogP contribution in [0.1, 0.15) is 18.9 Å². The van der Waals surface area contributed by atoms with Crippen LogP contribution in [-0.4, -0.2) is 80.6 Å². The van der Waals surface area contributed by atoms with Gasteiger partial charge in [-0.2, -0.15) is 0 Å². The van der Waals surface area contributed by atoms with E-state index >= 15 is 0 Å². The van der Waals surface area contributed by atoms with Gasteiger partial charge >= 0.3 is 6.09 Å². The minimum absolute atomic E-state index is 0.0336. The van der Waals surface area contributed by atoms with Gasteiger partial charge in [-0.25, -0.2) is 23.2 Å². The molecule has 2 atom stereocenters. The molecule has 4 rings (SSSR count). The third kappa shape index (κ3) is 5.91. The summed E-state index contributed by atoms with van der Waals surface area (Å²) >= 11 is 0. The van der Waals surface area contributed by atoms with Gasteiger partial charge in [0, 0.05) is 38.4 Å². The zero-order valence-corrected chi connectivity index (χ0v) is 19.5. The molecule has 0 saturated carbocycles. The standard InChI is InChI=1S/C22H28N4O6S/c1-16-13-25(22(27)32-18-7-10-30-15-18)8-9-26(16)21-23-11-19(12-24-21)31-14-17-3-5-20(6-4-17)33(2,28)29/h3-6,11-12,16,18H,7-10,13-15H2,1-2H3/t16-,18?/m1/s1. The van der Waals surface area contributed by atoms with E-state index < -0.39 is 9.84 Å². The van der Waals surface area contributed by atoms with E-state index in [2.05, 4.69) is 14.9 Å². The largest absolute Gasteiger partial charge is 0.486 e. The Morgan fingerprint density at radius 3 is 2.52 bits per heavy atom. The number of ether oxygens (including phenoxy) is 3. The minimum atomic E-state index is -3.22. The van der Waals surface area contributed by atoms with Gasteiger partial charge in [-0.1, -0.05) is 12.1 Å². The molecule has 33 heavy (non-hydrogen) atoms. The zero-order valence-electron chi connectivity index (χ0n) is 18.7. The quantitative estimate of drug-likeness (QED) is 0.617. The lowest BCUT2D eigenvalue weighted by Gasteiger charge is -2.39. The van der Waals surface area contributed by atoms with E-state index in [1.54, 1.807) is 41.6 Å². The van der Waals surface area contributed by atoms with Crippen molar-refractivity contribution in [3.05, 3.63) is 42.2 Å².